The van der Waals surface area contributed by atoms with Crippen LogP contribution in [0.3, 0.4) is 0 Å². The zero-order valence-corrected chi connectivity index (χ0v) is 12.2. The van der Waals surface area contributed by atoms with Gasteiger partial charge in [-0.2, -0.15) is 0 Å². The third-order valence-corrected chi connectivity index (χ3v) is 3.83. The first-order valence-electron chi connectivity index (χ1n) is 6.75. The third kappa shape index (κ3) is 3.67. The molecule has 1 fully saturated rings. The number of amides is 1. The van der Waals surface area contributed by atoms with Crippen LogP contribution in [0.4, 0.5) is 0 Å². The molecule has 1 unspecified atom stereocenters. The number of halogens is 1. The van der Waals surface area contributed by atoms with Crippen LogP contribution >= 0.6 is 11.6 Å². The van der Waals surface area contributed by atoms with Crippen molar-refractivity contribution in [3.05, 3.63) is 28.5 Å². The number of hydrogen-bond acceptors (Lipinski definition) is 3. The summed E-state index contributed by atoms with van der Waals surface area (Å²) in [5.74, 6) is -0.0701. The Morgan fingerprint density at radius 3 is 3.00 bits per heavy atom. The predicted octanol–water partition coefficient (Wildman–Crippen LogP) is 2.12. The minimum atomic E-state index is -0.0701. The van der Waals surface area contributed by atoms with Crippen molar-refractivity contribution in [1.29, 1.82) is 0 Å². The van der Waals surface area contributed by atoms with Crippen molar-refractivity contribution in [2.75, 3.05) is 20.1 Å². The van der Waals surface area contributed by atoms with Crippen LogP contribution in [0.25, 0.3) is 0 Å². The molecule has 1 amide bonds. The molecule has 1 aromatic heterocycles. The van der Waals surface area contributed by atoms with Gasteiger partial charge in [-0.25, -0.2) is 4.98 Å². The average molecular weight is 282 g/mol. The second-order valence-corrected chi connectivity index (χ2v) is 5.40. The number of aromatic nitrogens is 1. The molecule has 4 nitrogen and oxygen atoms in total. The molecule has 0 bridgehead atoms. The van der Waals surface area contributed by atoms with Crippen LogP contribution < -0.4 is 5.32 Å². The molecule has 1 saturated heterocycles. The van der Waals surface area contributed by atoms with Gasteiger partial charge in [-0.15, -0.1) is 0 Å². The molecule has 0 aromatic carbocycles. The average Bonchev–Trinajstić information content (AvgIpc) is 2.80. The number of hydrogen-bond donors (Lipinski definition) is 1. The lowest BCUT2D eigenvalue weighted by molar-refractivity contribution is 0.0943. The third-order valence-electron chi connectivity index (χ3n) is 3.64. The summed E-state index contributed by atoms with van der Waals surface area (Å²) in [6.07, 6.45) is 3.12. The largest absolute Gasteiger partial charge is 0.350 e. The second-order valence-electron chi connectivity index (χ2n) is 5.01. The van der Waals surface area contributed by atoms with E-state index in [1.54, 1.807) is 12.1 Å². The van der Waals surface area contributed by atoms with Crippen LogP contribution in [0, 0.1) is 0 Å². The topological polar surface area (TPSA) is 45.2 Å². The van der Waals surface area contributed by atoms with Gasteiger partial charge in [-0.1, -0.05) is 18.5 Å². The van der Waals surface area contributed by atoms with Crippen LogP contribution in [0.2, 0.25) is 5.15 Å². The molecular formula is C14H20ClN3O. The Balaban J connectivity index is 1.97. The van der Waals surface area contributed by atoms with Crippen LogP contribution in [0.1, 0.15) is 35.8 Å². The van der Waals surface area contributed by atoms with Crippen LogP contribution in [0.15, 0.2) is 12.1 Å². The Labute approximate surface area is 119 Å². The van der Waals surface area contributed by atoms with Crippen molar-refractivity contribution in [2.45, 2.75) is 32.2 Å². The summed E-state index contributed by atoms with van der Waals surface area (Å²) in [6, 6.07) is 3.88. The van der Waals surface area contributed by atoms with Crippen molar-refractivity contribution in [3.63, 3.8) is 0 Å². The lowest BCUT2D eigenvalue weighted by Gasteiger charge is -2.19. The fourth-order valence-electron chi connectivity index (χ4n) is 2.41. The minimum Gasteiger partial charge on any atom is -0.350 e. The molecule has 1 atom stereocenters. The summed E-state index contributed by atoms with van der Waals surface area (Å²) in [5.41, 5.74) is 1.44. The van der Waals surface area contributed by atoms with Gasteiger partial charge in [-0.05, 0) is 45.0 Å². The SMILES string of the molecule is CCc1cc(C(=O)NCC2CCCN2C)cc(Cl)n1. The first-order chi connectivity index (χ1) is 9.10. The summed E-state index contributed by atoms with van der Waals surface area (Å²) < 4.78 is 0. The molecule has 0 radical (unpaired) electrons. The van der Waals surface area contributed by atoms with Crippen molar-refractivity contribution < 1.29 is 4.79 Å². The van der Waals surface area contributed by atoms with E-state index in [0.717, 1.165) is 25.1 Å². The van der Waals surface area contributed by atoms with E-state index in [9.17, 15) is 4.79 Å². The second kappa shape index (κ2) is 6.35. The van der Waals surface area contributed by atoms with E-state index in [1.165, 1.54) is 6.42 Å². The summed E-state index contributed by atoms with van der Waals surface area (Å²) in [7, 11) is 2.10. The molecule has 5 heteroatoms. The van der Waals surface area contributed by atoms with Gasteiger partial charge in [0, 0.05) is 23.8 Å². The molecule has 19 heavy (non-hydrogen) atoms. The number of likely N-dealkylation sites (N-methyl/N-ethyl adjacent to an activating group) is 1. The highest BCUT2D eigenvalue weighted by Gasteiger charge is 2.21. The van der Waals surface area contributed by atoms with Gasteiger partial charge in [0.15, 0.2) is 0 Å². The molecule has 1 aliphatic heterocycles. The van der Waals surface area contributed by atoms with Gasteiger partial charge in [0.25, 0.3) is 5.91 Å². The minimum absolute atomic E-state index is 0.0701. The number of carbonyl (C=O) groups excluding carboxylic acids is 1. The Bertz CT molecular complexity index is 464. The van der Waals surface area contributed by atoms with E-state index >= 15 is 0 Å². The lowest BCUT2D eigenvalue weighted by Crippen LogP contribution is -2.38. The van der Waals surface area contributed by atoms with Crippen molar-refractivity contribution >= 4 is 17.5 Å². The highest BCUT2D eigenvalue weighted by Crippen LogP contribution is 2.14. The van der Waals surface area contributed by atoms with E-state index in [0.29, 0.717) is 23.3 Å². The first kappa shape index (κ1) is 14.3. The van der Waals surface area contributed by atoms with Crippen molar-refractivity contribution in [3.8, 4) is 0 Å². The van der Waals surface area contributed by atoms with E-state index in [1.807, 2.05) is 6.92 Å². The zero-order chi connectivity index (χ0) is 13.8. The van der Waals surface area contributed by atoms with E-state index in [-0.39, 0.29) is 5.91 Å². The smallest absolute Gasteiger partial charge is 0.251 e. The fraction of sp³-hybridized carbons (Fsp3) is 0.571. The monoisotopic (exact) mass is 281 g/mol. The molecule has 104 valence electrons. The summed E-state index contributed by atoms with van der Waals surface area (Å²) in [4.78, 5) is 18.6. The van der Waals surface area contributed by atoms with Crippen LogP contribution in [0.5, 0.6) is 0 Å². The number of nitrogens with one attached hydrogen (secondary N) is 1. The van der Waals surface area contributed by atoms with E-state index in [4.69, 9.17) is 11.6 Å². The maximum atomic E-state index is 12.1. The molecular weight excluding hydrogens is 262 g/mol. The number of likely N-dealkylation sites (tertiary alicyclic amines) is 1. The van der Waals surface area contributed by atoms with E-state index in [2.05, 4.69) is 22.2 Å². The number of pyridine rings is 1. The van der Waals surface area contributed by atoms with Crippen molar-refractivity contribution in [1.82, 2.24) is 15.2 Å². The van der Waals surface area contributed by atoms with Crippen LogP contribution in [-0.4, -0.2) is 42.0 Å². The molecule has 1 aliphatic rings. The molecule has 0 aliphatic carbocycles. The molecule has 2 heterocycles. The Kier molecular flexibility index (Phi) is 4.77. The quantitative estimate of drug-likeness (QED) is 0.860. The maximum absolute atomic E-state index is 12.1. The molecule has 1 aromatic rings. The highest BCUT2D eigenvalue weighted by molar-refractivity contribution is 6.29. The molecule has 2 rings (SSSR count). The molecule has 0 saturated carbocycles. The fourth-order valence-corrected chi connectivity index (χ4v) is 2.64. The summed E-state index contributed by atoms with van der Waals surface area (Å²) >= 11 is 5.92. The molecule has 0 spiro atoms. The van der Waals surface area contributed by atoms with Gasteiger partial charge >= 0.3 is 0 Å². The maximum Gasteiger partial charge on any atom is 0.251 e. The van der Waals surface area contributed by atoms with E-state index < -0.39 is 0 Å². The lowest BCUT2D eigenvalue weighted by atomic mass is 10.1. The highest BCUT2D eigenvalue weighted by atomic mass is 35.5. The van der Waals surface area contributed by atoms with Gasteiger partial charge in [0.05, 0.1) is 0 Å². The Morgan fingerprint density at radius 2 is 2.37 bits per heavy atom. The Hall–Kier alpha value is -1.13. The van der Waals surface area contributed by atoms with Gasteiger partial charge < -0.3 is 10.2 Å². The number of rotatable bonds is 4. The number of aryl methyl sites for hydroxylation is 1. The normalized spacial score (nSPS) is 19.6. The standard InChI is InChI=1S/C14H20ClN3O/c1-3-11-7-10(8-13(15)17-11)14(19)16-9-12-5-4-6-18(12)2/h7-8,12H,3-6,9H2,1-2H3,(H,16,19). The number of nitrogens with zero attached hydrogens (tertiary/aromatic N) is 2. The van der Waals surface area contributed by atoms with Crippen molar-refractivity contribution in [2.24, 2.45) is 0 Å². The van der Waals surface area contributed by atoms with Gasteiger partial charge in [0.2, 0.25) is 0 Å². The summed E-state index contributed by atoms with van der Waals surface area (Å²) in [5, 5.41) is 3.36. The summed E-state index contributed by atoms with van der Waals surface area (Å²) in [6.45, 7) is 3.80. The first-order valence-corrected chi connectivity index (χ1v) is 7.13. The van der Waals surface area contributed by atoms with Gasteiger partial charge in [0.1, 0.15) is 5.15 Å². The van der Waals surface area contributed by atoms with Gasteiger partial charge in [-0.3, -0.25) is 4.79 Å². The number of carbonyl (C=O) groups is 1. The predicted molar refractivity (Wildman–Crippen MR) is 76.6 cm³/mol. The molecule has 1 N–H and O–H groups in total. The van der Waals surface area contributed by atoms with Crippen LogP contribution in [-0.2, 0) is 6.42 Å². The Morgan fingerprint density at radius 1 is 1.58 bits per heavy atom. The zero-order valence-electron chi connectivity index (χ0n) is 11.4.